The molecule has 0 radical (unpaired) electrons. The van der Waals surface area contributed by atoms with Gasteiger partial charge in [-0.05, 0) is 49.8 Å². The number of rotatable bonds is 6. The van der Waals surface area contributed by atoms with E-state index in [1.54, 1.807) is 24.7 Å². The number of benzene rings is 1. The van der Waals surface area contributed by atoms with Crippen LogP contribution in [0.1, 0.15) is 31.2 Å². The molecule has 0 unspecified atom stereocenters. The lowest BCUT2D eigenvalue weighted by molar-refractivity contribution is 0.0282. The van der Waals surface area contributed by atoms with E-state index < -0.39 is 0 Å². The zero-order chi connectivity index (χ0) is 17.8. The van der Waals surface area contributed by atoms with E-state index in [0.29, 0.717) is 12.6 Å². The SMILES string of the molecule is Fc1cccc(CCOC2CCC(Nc3ncnc4[nH]ncc34)CC2)c1. The van der Waals surface area contributed by atoms with Crippen LogP contribution in [0.15, 0.2) is 36.8 Å². The number of fused-ring (bicyclic) bond motifs is 1. The number of hydrogen-bond donors (Lipinski definition) is 2. The summed E-state index contributed by atoms with van der Waals surface area (Å²) < 4.78 is 19.2. The molecular formula is C19H22FN5O. The lowest BCUT2D eigenvalue weighted by Crippen LogP contribution is -2.30. The summed E-state index contributed by atoms with van der Waals surface area (Å²) >= 11 is 0. The first-order chi connectivity index (χ1) is 12.8. The van der Waals surface area contributed by atoms with Crippen LogP contribution in [0.4, 0.5) is 10.2 Å². The second-order valence-electron chi connectivity index (χ2n) is 6.72. The highest BCUT2D eigenvalue weighted by Crippen LogP contribution is 2.26. The van der Waals surface area contributed by atoms with Gasteiger partial charge in [0.1, 0.15) is 18.0 Å². The molecule has 6 nitrogen and oxygen atoms in total. The summed E-state index contributed by atoms with van der Waals surface area (Å²) in [6.07, 6.45) is 8.42. The second kappa shape index (κ2) is 7.78. The van der Waals surface area contributed by atoms with Crippen molar-refractivity contribution in [1.29, 1.82) is 0 Å². The molecule has 0 spiro atoms. The highest BCUT2D eigenvalue weighted by Gasteiger charge is 2.22. The number of nitrogens with zero attached hydrogens (tertiary/aromatic N) is 3. The highest BCUT2D eigenvalue weighted by molar-refractivity contribution is 5.85. The Balaban J connectivity index is 1.23. The van der Waals surface area contributed by atoms with Crippen LogP contribution < -0.4 is 5.32 Å². The van der Waals surface area contributed by atoms with Crippen LogP contribution in [0.3, 0.4) is 0 Å². The van der Waals surface area contributed by atoms with E-state index in [9.17, 15) is 4.39 Å². The molecule has 1 aliphatic carbocycles. The largest absolute Gasteiger partial charge is 0.378 e. The van der Waals surface area contributed by atoms with Crippen molar-refractivity contribution < 1.29 is 9.13 Å². The predicted molar refractivity (Wildman–Crippen MR) is 97.4 cm³/mol. The Morgan fingerprint density at radius 3 is 2.92 bits per heavy atom. The third-order valence-electron chi connectivity index (χ3n) is 4.90. The van der Waals surface area contributed by atoms with Crippen molar-refractivity contribution in [1.82, 2.24) is 20.2 Å². The van der Waals surface area contributed by atoms with E-state index in [4.69, 9.17) is 4.74 Å². The fraction of sp³-hybridized carbons (Fsp3) is 0.421. The number of H-pyrrole nitrogens is 1. The van der Waals surface area contributed by atoms with Crippen molar-refractivity contribution >= 4 is 16.9 Å². The van der Waals surface area contributed by atoms with Gasteiger partial charge < -0.3 is 10.1 Å². The minimum Gasteiger partial charge on any atom is -0.378 e. The zero-order valence-corrected chi connectivity index (χ0v) is 14.5. The Labute approximate surface area is 151 Å². The Morgan fingerprint density at radius 1 is 1.19 bits per heavy atom. The van der Waals surface area contributed by atoms with Crippen molar-refractivity contribution in [2.24, 2.45) is 0 Å². The maximum Gasteiger partial charge on any atom is 0.160 e. The number of aromatic nitrogens is 4. The summed E-state index contributed by atoms with van der Waals surface area (Å²) in [5.41, 5.74) is 1.73. The van der Waals surface area contributed by atoms with Crippen molar-refractivity contribution in [3.05, 3.63) is 48.2 Å². The quantitative estimate of drug-likeness (QED) is 0.708. The van der Waals surface area contributed by atoms with Gasteiger partial charge in [-0.3, -0.25) is 5.10 Å². The molecular weight excluding hydrogens is 333 g/mol. The Kier molecular flexibility index (Phi) is 5.06. The second-order valence-corrected chi connectivity index (χ2v) is 6.72. The van der Waals surface area contributed by atoms with Gasteiger partial charge in [-0.15, -0.1) is 0 Å². The third-order valence-corrected chi connectivity index (χ3v) is 4.90. The Bertz CT molecular complexity index is 860. The fourth-order valence-corrected chi connectivity index (χ4v) is 3.48. The fourth-order valence-electron chi connectivity index (χ4n) is 3.48. The molecule has 0 aliphatic heterocycles. The first-order valence-electron chi connectivity index (χ1n) is 9.04. The summed E-state index contributed by atoms with van der Waals surface area (Å²) in [5.74, 6) is 0.643. The Hall–Kier alpha value is -2.54. The van der Waals surface area contributed by atoms with Gasteiger partial charge in [0.05, 0.1) is 24.3 Å². The molecule has 0 bridgehead atoms. The molecule has 0 amide bonds. The summed E-state index contributed by atoms with van der Waals surface area (Å²) in [7, 11) is 0. The molecule has 0 atom stereocenters. The average Bonchev–Trinajstić information content (AvgIpc) is 3.13. The molecule has 4 rings (SSSR count). The van der Waals surface area contributed by atoms with Gasteiger partial charge in [0.2, 0.25) is 0 Å². The molecule has 136 valence electrons. The minimum atomic E-state index is -0.189. The summed E-state index contributed by atoms with van der Waals surface area (Å²) in [6.45, 7) is 0.633. The van der Waals surface area contributed by atoms with E-state index in [-0.39, 0.29) is 11.9 Å². The summed E-state index contributed by atoms with van der Waals surface area (Å²) in [5, 5.41) is 11.3. The molecule has 1 saturated carbocycles. The number of ether oxygens (including phenoxy) is 1. The highest BCUT2D eigenvalue weighted by atomic mass is 19.1. The van der Waals surface area contributed by atoms with Gasteiger partial charge in [-0.1, -0.05) is 12.1 Å². The molecule has 7 heteroatoms. The van der Waals surface area contributed by atoms with Gasteiger partial charge in [0.15, 0.2) is 5.65 Å². The molecule has 26 heavy (non-hydrogen) atoms. The maximum absolute atomic E-state index is 13.2. The van der Waals surface area contributed by atoms with E-state index in [1.807, 2.05) is 6.07 Å². The normalized spacial score (nSPS) is 20.3. The van der Waals surface area contributed by atoms with Crippen molar-refractivity contribution in [3.63, 3.8) is 0 Å². The topological polar surface area (TPSA) is 75.7 Å². The van der Waals surface area contributed by atoms with Crippen molar-refractivity contribution in [3.8, 4) is 0 Å². The first-order valence-corrected chi connectivity index (χ1v) is 9.04. The van der Waals surface area contributed by atoms with Crippen LogP contribution in [0.2, 0.25) is 0 Å². The molecule has 0 saturated heterocycles. The van der Waals surface area contributed by atoms with Gasteiger partial charge in [0, 0.05) is 6.04 Å². The van der Waals surface area contributed by atoms with Crippen LogP contribution in [-0.4, -0.2) is 38.9 Å². The molecule has 1 aliphatic rings. The van der Waals surface area contributed by atoms with Crippen molar-refractivity contribution in [2.45, 2.75) is 44.2 Å². The third kappa shape index (κ3) is 3.99. The average molecular weight is 355 g/mol. The van der Waals surface area contributed by atoms with Gasteiger partial charge in [-0.2, -0.15) is 5.10 Å². The van der Waals surface area contributed by atoms with E-state index >= 15 is 0 Å². The summed E-state index contributed by atoms with van der Waals surface area (Å²) in [6, 6.07) is 7.10. The molecule has 3 aromatic rings. The van der Waals surface area contributed by atoms with Gasteiger partial charge in [-0.25, -0.2) is 14.4 Å². The number of halogens is 1. The molecule has 1 aromatic carbocycles. The summed E-state index contributed by atoms with van der Waals surface area (Å²) in [4.78, 5) is 8.50. The molecule has 1 fully saturated rings. The van der Waals surface area contributed by atoms with Crippen LogP contribution >= 0.6 is 0 Å². The number of nitrogens with one attached hydrogen (secondary N) is 2. The minimum absolute atomic E-state index is 0.189. The molecule has 2 heterocycles. The zero-order valence-electron chi connectivity index (χ0n) is 14.5. The molecule has 2 N–H and O–H groups in total. The first kappa shape index (κ1) is 16.9. The number of anilines is 1. The maximum atomic E-state index is 13.2. The van der Waals surface area contributed by atoms with Crippen LogP contribution in [0.5, 0.6) is 0 Å². The van der Waals surface area contributed by atoms with E-state index in [0.717, 1.165) is 54.5 Å². The van der Waals surface area contributed by atoms with Crippen LogP contribution in [-0.2, 0) is 11.2 Å². The van der Waals surface area contributed by atoms with Gasteiger partial charge in [0.25, 0.3) is 0 Å². The van der Waals surface area contributed by atoms with E-state index in [2.05, 4.69) is 25.5 Å². The monoisotopic (exact) mass is 355 g/mol. The van der Waals surface area contributed by atoms with Gasteiger partial charge >= 0.3 is 0 Å². The lowest BCUT2D eigenvalue weighted by Gasteiger charge is -2.29. The smallest absolute Gasteiger partial charge is 0.160 e. The predicted octanol–water partition coefficient (Wildman–Crippen LogP) is 3.47. The lowest BCUT2D eigenvalue weighted by atomic mass is 9.93. The number of hydrogen-bond acceptors (Lipinski definition) is 5. The Morgan fingerprint density at radius 2 is 2.08 bits per heavy atom. The van der Waals surface area contributed by atoms with Crippen molar-refractivity contribution in [2.75, 3.05) is 11.9 Å². The van der Waals surface area contributed by atoms with E-state index in [1.165, 1.54) is 6.07 Å². The number of aromatic amines is 1. The van der Waals surface area contributed by atoms with Crippen LogP contribution in [0, 0.1) is 5.82 Å². The van der Waals surface area contributed by atoms with Crippen LogP contribution in [0.25, 0.3) is 11.0 Å². The molecule has 2 aromatic heterocycles. The standard InChI is InChI=1S/C19H22FN5O/c20-14-3-1-2-13(10-14)8-9-26-16-6-4-15(5-7-16)24-18-17-11-23-25-19(17)22-12-21-18/h1-3,10-12,15-16H,4-9H2,(H2,21,22,23,24,25).